The van der Waals surface area contributed by atoms with Crippen LogP contribution in [-0.4, -0.2) is 23.1 Å². The molecule has 1 fully saturated rings. The first kappa shape index (κ1) is 14.7. The van der Waals surface area contributed by atoms with Crippen molar-refractivity contribution in [3.8, 4) is 0 Å². The second-order valence-corrected chi connectivity index (χ2v) is 3.62. The van der Waals surface area contributed by atoms with Gasteiger partial charge in [0.05, 0.1) is 6.33 Å². The summed E-state index contributed by atoms with van der Waals surface area (Å²) >= 11 is 0. The Morgan fingerprint density at radius 3 is 2.69 bits per heavy atom. The molecule has 1 aliphatic rings. The van der Waals surface area contributed by atoms with Crippen LogP contribution >= 0.6 is 0 Å². The standard InChI is InChI=1S/C8H11BF3N2O.K/c10-9(11,12)7-5-13-6-14(7)8-3-1-2-4-15-8;/h5-6,8H,1-4H2;/q-1;+1. The minimum atomic E-state index is -5.01. The summed E-state index contributed by atoms with van der Waals surface area (Å²) in [5.41, 5.74) is -0.679. The van der Waals surface area contributed by atoms with Gasteiger partial charge in [-0.15, -0.1) is 0 Å². The molecule has 84 valence electrons. The van der Waals surface area contributed by atoms with Gasteiger partial charge in [-0.1, -0.05) is 0 Å². The molecule has 0 aliphatic carbocycles. The van der Waals surface area contributed by atoms with Gasteiger partial charge in [0.15, 0.2) is 0 Å². The molecule has 0 bridgehead atoms. The van der Waals surface area contributed by atoms with Crippen LogP contribution in [0.5, 0.6) is 0 Å². The molecule has 0 saturated carbocycles. The van der Waals surface area contributed by atoms with Gasteiger partial charge in [-0.2, -0.15) is 0 Å². The number of hydrogen-bond acceptors (Lipinski definition) is 2. The Kier molecular flexibility index (Phi) is 5.53. The van der Waals surface area contributed by atoms with E-state index in [1.165, 1.54) is 6.33 Å². The second kappa shape index (κ2) is 6.01. The van der Waals surface area contributed by atoms with E-state index in [9.17, 15) is 12.9 Å². The third-order valence-electron chi connectivity index (χ3n) is 2.50. The Bertz CT molecular complexity index is 338. The maximum atomic E-state index is 12.6. The van der Waals surface area contributed by atoms with Gasteiger partial charge in [0, 0.05) is 12.8 Å². The fourth-order valence-electron chi connectivity index (χ4n) is 1.75. The van der Waals surface area contributed by atoms with E-state index in [2.05, 4.69) is 4.98 Å². The Morgan fingerprint density at radius 1 is 1.38 bits per heavy atom. The predicted octanol–water partition coefficient (Wildman–Crippen LogP) is -1.36. The fraction of sp³-hybridized carbons (Fsp3) is 0.625. The van der Waals surface area contributed by atoms with Gasteiger partial charge in [-0.25, -0.2) is 4.98 Å². The monoisotopic (exact) mass is 258 g/mol. The van der Waals surface area contributed by atoms with Crippen molar-refractivity contribution >= 4 is 12.6 Å². The van der Waals surface area contributed by atoms with Gasteiger partial charge in [-0.3, -0.25) is 0 Å². The summed E-state index contributed by atoms with van der Waals surface area (Å²) in [7, 11) is 0. The van der Waals surface area contributed by atoms with E-state index in [0.29, 0.717) is 13.0 Å². The van der Waals surface area contributed by atoms with Crippen LogP contribution in [0.2, 0.25) is 0 Å². The predicted molar refractivity (Wildman–Crippen MR) is 49.8 cm³/mol. The van der Waals surface area contributed by atoms with Crippen LogP contribution in [0.15, 0.2) is 12.5 Å². The van der Waals surface area contributed by atoms with Crippen molar-refractivity contribution in [3.63, 3.8) is 0 Å². The number of nitrogens with zero attached hydrogens (tertiary/aromatic N) is 2. The molecule has 2 rings (SSSR count). The molecule has 0 N–H and O–H groups in total. The van der Waals surface area contributed by atoms with Crippen LogP contribution in [0.25, 0.3) is 0 Å². The molecule has 0 aromatic carbocycles. The number of ether oxygens (including phenoxy) is 1. The summed E-state index contributed by atoms with van der Waals surface area (Å²) in [4.78, 5) is 3.54. The molecule has 1 aliphatic heterocycles. The topological polar surface area (TPSA) is 27.1 Å². The summed E-state index contributed by atoms with van der Waals surface area (Å²) in [5, 5.41) is 0. The Morgan fingerprint density at radius 2 is 2.12 bits per heavy atom. The fourth-order valence-corrected chi connectivity index (χ4v) is 1.75. The molecule has 8 heteroatoms. The smallest absolute Gasteiger partial charge is 0.444 e. The summed E-state index contributed by atoms with van der Waals surface area (Å²) in [5.74, 6) is 0. The average molecular weight is 258 g/mol. The molecule has 0 radical (unpaired) electrons. The number of halogens is 3. The van der Waals surface area contributed by atoms with Crippen LogP contribution in [0.3, 0.4) is 0 Å². The Hall–Kier alpha value is 0.661. The number of hydrogen-bond donors (Lipinski definition) is 0. The Balaban J connectivity index is 0.00000128. The maximum Gasteiger partial charge on any atom is 1.00 e. The zero-order valence-corrected chi connectivity index (χ0v) is 12.2. The minimum Gasteiger partial charge on any atom is -0.444 e. The SMILES string of the molecule is F[B-](F)(F)c1cncn1C1CCCCO1.[K+]. The summed E-state index contributed by atoms with van der Waals surface area (Å²) in [6.07, 6.45) is 3.98. The van der Waals surface area contributed by atoms with Gasteiger partial charge in [0.25, 0.3) is 0 Å². The van der Waals surface area contributed by atoms with Gasteiger partial charge >= 0.3 is 58.4 Å². The van der Waals surface area contributed by atoms with Crippen LogP contribution in [0.4, 0.5) is 12.9 Å². The number of rotatable bonds is 2. The second-order valence-electron chi connectivity index (χ2n) is 3.62. The van der Waals surface area contributed by atoms with E-state index in [4.69, 9.17) is 4.74 Å². The first-order valence-electron chi connectivity index (χ1n) is 4.92. The van der Waals surface area contributed by atoms with E-state index < -0.39 is 18.8 Å². The summed E-state index contributed by atoms with van der Waals surface area (Å²) < 4.78 is 44.1. The molecule has 1 aromatic rings. The van der Waals surface area contributed by atoms with E-state index >= 15 is 0 Å². The largest absolute Gasteiger partial charge is 1.00 e. The quantitative estimate of drug-likeness (QED) is 0.613. The van der Waals surface area contributed by atoms with Gasteiger partial charge in [0.2, 0.25) is 0 Å². The van der Waals surface area contributed by atoms with Crippen molar-refractivity contribution in [2.24, 2.45) is 0 Å². The third-order valence-corrected chi connectivity index (χ3v) is 2.50. The summed E-state index contributed by atoms with van der Waals surface area (Å²) in [6, 6.07) is 0. The van der Waals surface area contributed by atoms with Crippen molar-refractivity contribution in [2.75, 3.05) is 6.61 Å². The molecule has 3 nitrogen and oxygen atoms in total. The summed E-state index contributed by atoms with van der Waals surface area (Å²) in [6.45, 7) is -4.48. The van der Waals surface area contributed by atoms with Gasteiger partial charge in [-0.05, 0) is 24.9 Å². The van der Waals surface area contributed by atoms with Crippen LogP contribution in [0, 0.1) is 0 Å². The van der Waals surface area contributed by atoms with Crippen molar-refractivity contribution in [1.82, 2.24) is 9.55 Å². The number of aromatic nitrogens is 2. The maximum absolute atomic E-state index is 12.6. The van der Waals surface area contributed by atoms with Crippen molar-refractivity contribution in [1.29, 1.82) is 0 Å². The molecule has 1 saturated heterocycles. The van der Waals surface area contributed by atoms with Crippen molar-refractivity contribution < 1.29 is 69.1 Å². The van der Waals surface area contributed by atoms with Crippen LogP contribution in [0.1, 0.15) is 25.5 Å². The Labute approximate surface area is 134 Å². The first-order chi connectivity index (χ1) is 7.09. The molecule has 0 amide bonds. The van der Waals surface area contributed by atoms with Gasteiger partial charge < -0.3 is 22.3 Å². The molecule has 16 heavy (non-hydrogen) atoms. The van der Waals surface area contributed by atoms with Crippen LogP contribution < -0.4 is 57.0 Å². The minimum absolute atomic E-state index is 0. The molecule has 1 atom stereocenters. The van der Waals surface area contributed by atoms with Crippen molar-refractivity contribution in [3.05, 3.63) is 12.5 Å². The zero-order chi connectivity index (χ0) is 10.9. The van der Waals surface area contributed by atoms with E-state index in [0.717, 1.165) is 23.6 Å². The molecule has 1 unspecified atom stereocenters. The molecule has 2 heterocycles. The van der Waals surface area contributed by atoms with E-state index in [1.54, 1.807) is 0 Å². The van der Waals surface area contributed by atoms with Gasteiger partial charge in [0.1, 0.15) is 6.23 Å². The van der Waals surface area contributed by atoms with Crippen LogP contribution in [-0.2, 0) is 4.74 Å². The third kappa shape index (κ3) is 3.33. The van der Waals surface area contributed by atoms with E-state index in [-0.39, 0.29) is 51.4 Å². The molecular formula is C8H11BF3KN2O. The molecule has 1 aromatic heterocycles. The normalized spacial score (nSPS) is 21.6. The molecule has 0 spiro atoms. The number of imidazole rings is 1. The zero-order valence-electron chi connectivity index (χ0n) is 9.07. The molecular weight excluding hydrogens is 247 g/mol. The average Bonchev–Trinajstić information content (AvgIpc) is 2.67. The van der Waals surface area contributed by atoms with Crippen molar-refractivity contribution in [2.45, 2.75) is 25.5 Å². The first-order valence-corrected chi connectivity index (χ1v) is 4.92. The van der Waals surface area contributed by atoms with E-state index in [1.807, 2.05) is 0 Å².